The van der Waals surface area contributed by atoms with Crippen molar-refractivity contribution in [3.8, 4) is 0 Å². The van der Waals surface area contributed by atoms with E-state index in [1.165, 1.54) is 24.0 Å². The Morgan fingerprint density at radius 2 is 2.00 bits per heavy atom. The first-order valence-electron chi connectivity index (χ1n) is 4.40. The van der Waals surface area contributed by atoms with Crippen molar-refractivity contribution in [1.29, 1.82) is 0 Å². The third-order valence-electron chi connectivity index (χ3n) is 1.75. The molecule has 0 spiro atoms. The van der Waals surface area contributed by atoms with Crippen LogP contribution in [0.15, 0.2) is 23.3 Å². The van der Waals surface area contributed by atoms with Crippen LogP contribution in [0.5, 0.6) is 0 Å². The van der Waals surface area contributed by atoms with Crippen LogP contribution in [0.2, 0.25) is 0 Å². The molecule has 0 bridgehead atoms. The standard InChI is InChI=1S/C11H19/c1-5-8-10(4)9-11(6-2)7-3/h6,9H,2,5,7-8H2,1,3-4H3. The van der Waals surface area contributed by atoms with Crippen LogP contribution in [-0.2, 0) is 0 Å². The summed E-state index contributed by atoms with van der Waals surface area (Å²) in [5.41, 5.74) is 2.81. The first kappa shape index (κ1) is 10.5. The van der Waals surface area contributed by atoms with Crippen molar-refractivity contribution in [2.45, 2.75) is 40.0 Å². The van der Waals surface area contributed by atoms with E-state index in [2.05, 4.69) is 33.8 Å². The molecule has 0 fully saturated rings. The lowest BCUT2D eigenvalue weighted by molar-refractivity contribution is 0.901. The highest BCUT2D eigenvalue weighted by Crippen LogP contribution is 2.10. The molecule has 0 N–H and O–H groups in total. The van der Waals surface area contributed by atoms with Gasteiger partial charge >= 0.3 is 0 Å². The van der Waals surface area contributed by atoms with Crippen molar-refractivity contribution in [1.82, 2.24) is 0 Å². The smallest absolute Gasteiger partial charge is 0.0310 e. The summed E-state index contributed by atoms with van der Waals surface area (Å²) in [6.45, 7) is 10.3. The number of hydrogen-bond acceptors (Lipinski definition) is 0. The van der Waals surface area contributed by atoms with E-state index in [1.807, 2.05) is 6.08 Å². The van der Waals surface area contributed by atoms with E-state index in [-0.39, 0.29) is 0 Å². The van der Waals surface area contributed by atoms with Crippen LogP contribution in [0.25, 0.3) is 0 Å². The van der Waals surface area contributed by atoms with E-state index < -0.39 is 0 Å². The van der Waals surface area contributed by atoms with Gasteiger partial charge in [-0.15, -0.1) is 0 Å². The lowest BCUT2D eigenvalue weighted by Crippen LogP contribution is -1.79. The van der Waals surface area contributed by atoms with Crippen molar-refractivity contribution in [2.75, 3.05) is 0 Å². The van der Waals surface area contributed by atoms with Crippen LogP contribution in [0, 0.1) is 6.92 Å². The number of allylic oxidation sites excluding steroid dienone is 4. The average molecular weight is 151 g/mol. The second-order valence-corrected chi connectivity index (χ2v) is 2.87. The van der Waals surface area contributed by atoms with Gasteiger partial charge in [-0.1, -0.05) is 43.6 Å². The molecular weight excluding hydrogens is 132 g/mol. The molecule has 0 aromatic rings. The molecule has 0 aromatic carbocycles. The predicted molar refractivity (Wildman–Crippen MR) is 52.4 cm³/mol. The molecule has 0 rings (SSSR count). The zero-order chi connectivity index (χ0) is 8.69. The number of hydrogen-bond donors (Lipinski definition) is 0. The first-order chi connectivity index (χ1) is 5.24. The number of rotatable bonds is 4. The Kier molecular flexibility index (Phi) is 5.91. The van der Waals surface area contributed by atoms with Gasteiger partial charge < -0.3 is 0 Å². The van der Waals surface area contributed by atoms with E-state index in [1.54, 1.807) is 0 Å². The molecule has 0 unspecified atom stereocenters. The lowest BCUT2D eigenvalue weighted by Gasteiger charge is -1.99. The molecule has 63 valence electrons. The van der Waals surface area contributed by atoms with Crippen LogP contribution < -0.4 is 0 Å². The highest BCUT2D eigenvalue weighted by molar-refractivity contribution is 5.23. The molecule has 0 saturated carbocycles. The highest BCUT2D eigenvalue weighted by atomic mass is 14.0. The van der Waals surface area contributed by atoms with Crippen molar-refractivity contribution in [3.63, 3.8) is 0 Å². The largest absolute Gasteiger partial charge is 0.0810 e. The molecule has 0 amide bonds. The Hall–Kier alpha value is -0.520. The van der Waals surface area contributed by atoms with Gasteiger partial charge in [0.05, 0.1) is 0 Å². The van der Waals surface area contributed by atoms with E-state index in [0.717, 1.165) is 6.42 Å². The minimum Gasteiger partial charge on any atom is -0.0810 e. The lowest BCUT2D eigenvalue weighted by atomic mass is 10.1. The summed E-state index contributed by atoms with van der Waals surface area (Å²) >= 11 is 0. The predicted octanol–water partition coefficient (Wildman–Crippen LogP) is 3.90. The molecule has 0 nitrogen and oxygen atoms in total. The fourth-order valence-corrected chi connectivity index (χ4v) is 1.09. The Morgan fingerprint density at radius 1 is 1.36 bits per heavy atom. The van der Waals surface area contributed by atoms with E-state index in [4.69, 9.17) is 0 Å². The van der Waals surface area contributed by atoms with Crippen molar-refractivity contribution < 1.29 is 0 Å². The molecule has 0 heterocycles. The monoisotopic (exact) mass is 151 g/mol. The van der Waals surface area contributed by atoms with Crippen LogP contribution in [-0.4, -0.2) is 0 Å². The molecule has 0 aliphatic rings. The minimum atomic E-state index is 1.09. The SMILES string of the molecule is [CH2]C=C(C=C(C)CCC)CC. The summed E-state index contributed by atoms with van der Waals surface area (Å²) < 4.78 is 0. The van der Waals surface area contributed by atoms with Gasteiger partial charge in [0.1, 0.15) is 0 Å². The van der Waals surface area contributed by atoms with Crippen LogP contribution in [0.4, 0.5) is 0 Å². The Bertz CT molecular complexity index is 149. The zero-order valence-corrected chi connectivity index (χ0v) is 7.98. The van der Waals surface area contributed by atoms with Crippen molar-refractivity contribution >= 4 is 0 Å². The van der Waals surface area contributed by atoms with Crippen molar-refractivity contribution in [3.05, 3.63) is 30.2 Å². The van der Waals surface area contributed by atoms with Crippen molar-refractivity contribution in [2.24, 2.45) is 0 Å². The summed E-state index contributed by atoms with van der Waals surface area (Å²) in [5.74, 6) is 0. The summed E-state index contributed by atoms with van der Waals surface area (Å²) in [4.78, 5) is 0. The Labute approximate surface area is 71.0 Å². The minimum absolute atomic E-state index is 1.09. The van der Waals surface area contributed by atoms with Gasteiger partial charge in [-0.3, -0.25) is 0 Å². The second-order valence-electron chi connectivity index (χ2n) is 2.87. The van der Waals surface area contributed by atoms with Crippen LogP contribution >= 0.6 is 0 Å². The fraction of sp³-hybridized carbons (Fsp3) is 0.545. The maximum Gasteiger partial charge on any atom is -0.0310 e. The molecule has 0 aromatic heterocycles. The van der Waals surface area contributed by atoms with Gasteiger partial charge in [0.25, 0.3) is 0 Å². The third kappa shape index (κ3) is 4.83. The molecule has 11 heavy (non-hydrogen) atoms. The molecule has 0 saturated heterocycles. The average Bonchev–Trinajstić information content (AvgIpc) is 2.01. The third-order valence-corrected chi connectivity index (χ3v) is 1.75. The van der Waals surface area contributed by atoms with Gasteiger partial charge in [-0.2, -0.15) is 0 Å². The molecular formula is C11H19. The van der Waals surface area contributed by atoms with Gasteiger partial charge in [0.2, 0.25) is 0 Å². The topological polar surface area (TPSA) is 0 Å². The summed E-state index contributed by atoms with van der Waals surface area (Å²) in [6, 6.07) is 0. The zero-order valence-electron chi connectivity index (χ0n) is 7.98. The van der Waals surface area contributed by atoms with Gasteiger partial charge in [-0.05, 0) is 26.7 Å². The molecule has 1 radical (unpaired) electrons. The Balaban J connectivity index is 4.04. The second kappa shape index (κ2) is 6.21. The van der Waals surface area contributed by atoms with Crippen LogP contribution in [0.1, 0.15) is 40.0 Å². The first-order valence-corrected chi connectivity index (χ1v) is 4.40. The summed E-state index contributed by atoms with van der Waals surface area (Å²) in [6.07, 6.45) is 7.72. The van der Waals surface area contributed by atoms with E-state index >= 15 is 0 Å². The maximum absolute atomic E-state index is 3.76. The Morgan fingerprint density at radius 3 is 2.36 bits per heavy atom. The summed E-state index contributed by atoms with van der Waals surface area (Å²) in [5, 5.41) is 0. The van der Waals surface area contributed by atoms with Gasteiger partial charge in [-0.25, -0.2) is 0 Å². The fourth-order valence-electron chi connectivity index (χ4n) is 1.09. The molecule has 0 heteroatoms. The quantitative estimate of drug-likeness (QED) is 0.534. The maximum atomic E-state index is 3.76. The van der Waals surface area contributed by atoms with Crippen LogP contribution in [0.3, 0.4) is 0 Å². The molecule has 0 aliphatic heterocycles. The van der Waals surface area contributed by atoms with Gasteiger partial charge in [0.15, 0.2) is 0 Å². The van der Waals surface area contributed by atoms with Gasteiger partial charge in [0, 0.05) is 0 Å². The molecule has 0 atom stereocenters. The molecule has 0 aliphatic carbocycles. The van der Waals surface area contributed by atoms with E-state index in [9.17, 15) is 0 Å². The normalized spacial score (nSPS) is 13.8. The highest BCUT2D eigenvalue weighted by Gasteiger charge is 1.89. The van der Waals surface area contributed by atoms with E-state index in [0.29, 0.717) is 0 Å². The summed E-state index contributed by atoms with van der Waals surface area (Å²) in [7, 11) is 0.